The van der Waals surface area contributed by atoms with Crippen LogP contribution in [-0.4, -0.2) is 34.5 Å². The van der Waals surface area contributed by atoms with Gasteiger partial charge in [-0.2, -0.15) is 4.89 Å². The van der Waals surface area contributed by atoms with E-state index in [9.17, 15) is 4.79 Å². The minimum absolute atomic E-state index is 0.0869. The lowest BCUT2D eigenvalue weighted by Crippen LogP contribution is -2.52. The Labute approximate surface area is 75.8 Å². The molecule has 1 saturated heterocycles. The molecular formula is C7H13NO5. The summed E-state index contributed by atoms with van der Waals surface area (Å²) in [7, 11) is 0. The van der Waals surface area contributed by atoms with Crippen LogP contribution in [0.15, 0.2) is 0 Å². The molecule has 0 bridgehead atoms. The van der Waals surface area contributed by atoms with Crippen molar-refractivity contribution in [2.75, 3.05) is 6.61 Å². The molecule has 6 heteroatoms. The summed E-state index contributed by atoms with van der Waals surface area (Å²) in [4.78, 5) is 21.1. The number of amides is 1. The first-order valence-corrected chi connectivity index (χ1v) is 3.90. The molecule has 0 saturated carbocycles. The Bertz CT molecular complexity index is 194. The third kappa shape index (κ3) is 2.30. The molecule has 1 amide bonds. The van der Waals surface area contributed by atoms with Crippen LogP contribution in [0.4, 0.5) is 4.79 Å². The highest BCUT2D eigenvalue weighted by atomic mass is 17.5. The van der Waals surface area contributed by atoms with Gasteiger partial charge in [-0.1, -0.05) is 5.04 Å². The van der Waals surface area contributed by atoms with E-state index in [2.05, 4.69) is 14.8 Å². The quantitative estimate of drug-likeness (QED) is 0.626. The predicted octanol–water partition coefficient (Wildman–Crippen LogP) is 0.984. The van der Waals surface area contributed by atoms with E-state index < -0.39 is 17.9 Å². The molecular weight excluding hydrogens is 178 g/mol. The van der Waals surface area contributed by atoms with E-state index in [0.29, 0.717) is 0 Å². The summed E-state index contributed by atoms with van der Waals surface area (Å²) in [6, 6.07) is 0. The largest absolute Gasteiger partial charge is 0.465 e. The summed E-state index contributed by atoms with van der Waals surface area (Å²) in [5.41, 5.74) is -0.548. The lowest BCUT2D eigenvalue weighted by molar-refractivity contribution is -0.466. The first-order chi connectivity index (χ1) is 5.93. The predicted molar refractivity (Wildman–Crippen MR) is 41.5 cm³/mol. The Morgan fingerprint density at radius 3 is 2.46 bits per heavy atom. The topological polar surface area (TPSA) is 68.2 Å². The zero-order valence-corrected chi connectivity index (χ0v) is 7.81. The Balaban J connectivity index is 2.72. The van der Waals surface area contributed by atoms with Crippen molar-refractivity contribution in [2.45, 2.75) is 32.5 Å². The molecule has 0 aliphatic carbocycles. The Hall–Kier alpha value is -0.850. The van der Waals surface area contributed by atoms with Crippen LogP contribution < -0.4 is 0 Å². The molecule has 1 atom stereocenters. The van der Waals surface area contributed by atoms with Crippen LogP contribution in [-0.2, 0) is 14.8 Å². The minimum atomic E-state index is -1.06. The number of rotatable bonds is 1. The third-order valence-corrected chi connectivity index (χ3v) is 1.63. The molecule has 6 nitrogen and oxygen atoms in total. The van der Waals surface area contributed by atoms with E-state index in [0.717, 1.165) is 4.90 Å². The van der Waals surface area contributed by atoms with Crippen molar-refractivity contribution in [1.29, 1.82) is 0 Å². The summed E-state index contributed by atoms with van der Waals surface area (Å²) in [6.07, 6.45) is -1.76. The van der Waals surface area contributed by atoms with Crippen molar-refractivity contribution in [3.05, 3.63) is 0 Å². The number of nitrogens with zero attached hydrogens (tertiary/aromatic N) is 1. The fourth-order valence-electron chi connectivity index (χ4n) is 1.15. The maximum Gasteiger partial charge on any atom is 0.409 e. The van der Waals surface area contributed by atoms with Gasteiger partial charge in [0.25, 0.3) is 0 Å². The van der Waals surface area contributed by atoms with Gasteiger partial charge in [-0.3, -0.25) is 4.90 Å². The van der Waals surface area contributed by atoms with E-state index in [1.807, 2.05) is 0 Å². The molecule has 0 aromatic heterocycles. The maximum atomic E-state index is 10.9. The summed E-state index contributed by atoms with van der Waals surface area (Å²) < 4.78 is 0. The van der Waals surface area contributed by atoms with Gasteiger partial charge in [0.05, 0.1) is 0 Å². The highest BCUT2D eigenvalue weighted by Crippen LogP contribution is 2.21. The van der Waals surface area contributed by atoms with E-state index >= 15 is 0 Å². The van der Waals surface area contributed by atoms with Crippen LogP contribution in [0.5, 0.6) is 0 Å². The molecule has 13 heavy (non-hydrogen) atoms. The van der Waals surface area contributed by atoms with Crippen LogP contribution in [0.25, 0.3) is 0 Å². The zero-order valence-electron chi connectivity index (χ0n) is 7.81. The second kappa shape index (κ2) is 3.49. The lowest BCUT2D eigenvalue weighted by Gasteiger charge is -2.34. The van der Waals surface area contributed by atoms with Gasteiger partial charge in [-0.05, 0) is 20.8 Å². The molecule has 1 rings (SSSR count). The minimum Gasteiger partial charge on any atom is -0.465 e. The van der Waals surface area contributed by atoms with E-state index in [1.54, 1.807) is 20.8 Å². The molecule has 1 heterocycles. The number of hydrogen-bond acceptors (Lipinski definition) is 4. The first kappa shape index (κ1) is 10.2. The molecule has 76 valence electrons. The average molecular weight is 191 g/mol. The van der Waals surface area contributed by atoms with Crippen molar-refractivity contribution >= 4 is 6.09 Å². The van der Waals surface area contributed by atoms with Crippen molar-refractivity contribution in [3.8, 4) is 0 Å². The molecule has 0 aromatic carbocycles. The molecule has 0 spiro atoms. The summed E-state index contributed by atoms with van der Waals surface area (Å²) in [5.74, 6) is 0. The first-order valence-electron chi connectivity index (χ1n) is 3.90. The van der Waals surface area contributed by atoms with Gasteiger partial charge in [-0.25, -0.2) is 9.68 Å². The monoisotopic (exact) mass is 191 g/mol. The van der Waals surface area contributed by atoms with Gasteiger partial charge < -0.3 is 5.11 Å². The molecule has 1 aliphatic rings. The van der Waals surface area contributed by atoms with E-state index in [-0.39, 0.29) is 6.61 Å². The van der Waals surface area contributed by atoms with E-state index in [4.69, 9.17) is 5.11 Å². The van der Waals surface area contributed by atoms with Crippen molar-refractivity contribution in [2.24, 2.45) is 0 Å². The highest BCUT2D eigenvalue weighted by Gasteiger charge is 2.37. The lowest BCUT2D eigenvalue weighted by atomic mass is 10.1. The standard InChI is InChI=1S/C7H13NO5/c1-7(2,3)8(6(9)10)5-4-11-13-12-5/h5H,4H2,1-3H3,(H,9,10). The van der Waals surface area contributed by atoms with Gasteiger partial charge >= 0.3 is 6.09 Å². The summed E-state index contributed by atoms with van der Waals surface area (Å²) in [6.45, 7) is 5.39. The molecule has 1 N–H and O–H groups in total. The Kier molecular flexibility index (Phi) is 2.74. The van der Waals surface area contributed by atoms with Gasteiger partial charge in [0, 0.05) is 5.54 Å². The summed E-state index contributed by atoms with van der Waals surface area (Å²) in [5, 5.41) is 13.1. The second-order valence-corrected chi connectivity index (χ2v) is 3.73. The normalized spacial score (nSPS) is 23.2. The zero-order chi connectivity index (χ0) is 10.1. The second-order valence-electron chi connectivity index (χ2n) is 3.73. The van der Waals surface area contributed by atoms with Crippen LogP contribution >= 0.6 is 0 Å². The number of hydrogen-bond donors (Lipinski definition) is 1. The number of carbonyl (C=O) groups is 1. The SMILES string of the molecule is CC(C)(C)N(C(=O)O)C1COOO1. The van der Waals surface area contributed by atoms with Crippen molar-refractivity contribution < 1.29 is 24.7 Å². The average Bonchev–Trinajstić information content (AvgIpc) is 2.34. The molecule has 1 aliphatic heterocycles. The summed E-state index contributed by atoms with van der Waals surface area (Å²) >= 11 is 0. The molecule has 0 radical (unpaired) electrons. The van der Waals surface area contributed by atoms with Crippen molar-refractivity contribution in [3.63, 3.8) is 0 Å². The van der Waals surface area contributed by atoms with Gasteiger partial charge in [0.15, 0.2) is 6.23 Å². The highest BCUT2D eigenvalue weighted by molar-refractivity contribution is 5.66. The fraction of sp³-hybridized carbons (Fsp3) is 0.857. The van der Waals surface area contributed by atoms with Gasteiger partial charge in [0.1, 0.15) is 6.61 Å². The van der Waals surface area contributed by atoms with E-state index in [1.165, 1.54) is 0 Å². The van der Waals surface area contributed by atoms with Crippen LogP contribution in [0.3, 0.4) is 0 Å². The van der Waals surface area contributed by atoms with Crippen LogP contribution in [0, 0.1) is 0 Å². The third-order valence-electron chi connectivity index (χ3n) is 1.63. The van der Waals surface area contributed by atoms with Crippen LogP contribution in [0.2, 0.25) is 0 Å². The number of carboxylic acid groups (broad SMARTS) is 1. The molecule has 1 fully saturated rings. The molecule has 1 unspecified atom stereocenters. The molecule has 0 aromatic rings. The Morgan fingerprint density at radius 1 is 1.54 bits per heavy atom. The van der Waals surface area contributed by atoms with Crippen molar-refractivity contribution in [1.82, 2.24) is 4.90 Å². The van der Waals surface area contributed by atoms with Gasteiger partial charge in [-0.15, -0.1) is 0 Å². The van der Waals surface area contributed by atoms with Crippen LogP contribution in [0.1, 0.15) is 20.8 Å². The smallest absolute Gasteiger partial charge is 0.409 e. The maximum absolute atomic E-state index is 10.9. The Morgan fingerprint density at radius 2 is 2.15 bits per heavy atom. The fourth-order valence-corrected chi connectivity index (χ4v) is 1.15. The van der Waals surface area contributed by atoms with Gasteiger partial charge in [0.2, 0.25) is 0 Å².